The molecule has 0 saturated heterocycles. The lowest BCUT2D eigenvalue weighted by Crippen LogP contribution is -2.49. The molecule has 0 amide bonds. The SMILES string of the molecule is C=C1CC2C(CCc3cc4c(cc3-c3cccc[n+]31)c1cccc3c5cc6oc7ccccc7c6cc5n4c13)c1ccccc1-c1cccc[n+]12. The van der Waals surface area contributed by atoms with Gasteiger partial charge in [-0.25, -0.2) is 0 Å². The summed E-state index contributed by atoms with van der Waals surface area (Å²) in [6.07, 6.45) is 7.37. The second kappa shape index (κ2) is 9.92. The molecule has 2 unspecified atom stereocenters. The number of para-hydroxylation sites is 2. The average Bonchev–Trinajstić information content (AvgIpc) is 3.82. The molecule has 2 aliphatic heterocycles. The summed E-state index contributed by atoms with van der Waals surface area (Å²) in [5.41, 5.74) is 14.7. The summed E-state index contributed by atoms with van der Waals surface area (Å²) in [6.45, 7) is 4.76. The molecule has 2 atom stereocenters. The molecule has 0 N–H and O–H groups in total. The molecule has 0 fully saturated rings. The van der Waals surface area contributed by atoms with Crippen LogP contribution in [0.5, 0.6) is 0 Å². The second-order valence-corrected chi connectivity index (χ2v) is 14.5. The monoisotopic (exact) mass is 655 g/mol. The molecule has 7 heterocycles. The topological polar surface area (TPSA) is 25.3 Å². The molecule has 0 bridgehead atoms. The third kappa shape index (κ3) is 3.64. The summed E-state index contributed by atoms with van der Waals surface area (Å²) in [5, 5.41) is 7.40. The molecular weight excluding hydrogens is 623 g/mol. The number of pyridine rings is 2. The van der Waals surface area contributed by atoms with Crippen LogP contribution in [0.2, 0.25) is 0 Å². The molecule has 0 radical (unpaired) electrons. The summed E-state index contributed by atoms with van der Waals surface area (Å²) in [6, 6.07) is 47.3. The molecule has 0 saturated carbocycles. The number of allylic oxidation sites excluding steroid dienone is 1. The van der Waals surface area contributed by atoms with Gasteiger partial charge in [-0.05, 0) is 79.1 Å². The van der Waals surface area contributed by atoms with Gasteiger partial charge in [0.15, 0.2) is 24.1 Å². The van der Waals surface area contributed by atoms with Crippen molar-refractivity contribution in [3.8, 4) is 22.5 Å². The van der Waals surface area contributed by atoms with Crippen molar-refractivity contribution in [2.45, 2.75) is 31.2 Å². The molecule has 10 aromatic rings. The first kappa shape index (κ1) is 27.5. The normalized spacial score (nSPS) is 17.2. The van der Waals surface area contributed by atoms with E-state index in [4.69, 9.17) is 11.0 Å². The number of nitrogens with zero attached hydrogens (tertiary/aromatic N) is 3. The van der Waals surface area contributed by atoms with Gasteiger partial charge in [-0.3, -0.25) is 0 Å². The zero-order chi connectivity index (χ0) is 33.4. The van der Waals surface area contributed by atoms with E-state index in [2.05, 4.69) is 147 Å². The first-order valence-electron chi connectivity index (χ1n) is 18.1. The lowest BCUT2D eigenvalue weighted by atomic mass is 9.77. The second-order valence-electron chi connectivity index (χ2n) is 14.5. The maximum absolute atomic E-state index is 6.37. The van der Waals surface area contributed by atoms with Gasteiger partial charge in [-0.1, -0.05) is 54.6 Å². The predicted octanol–water partition coefficient (Wildman–Crippen LogP) is 10.8. The van der Waals surface area contributed by atoms with Crippen molar-refractivity contribution in [1.82, 2.24) is 4.40 Å². The van der Waals surface area contributed by atoms with E-state index in [1.807, 2.05) is 6.07 Å². The Kier molecular flexibility index (Phi) is 5.36. The molecule has 12 rings (SSSR count). The Bertz CT molecular complexity index is 3110. The molecule has 0 aliphatic carbocycles. The van der Waals surface area contributed by atoms with Gasteiger partial charge in [0, 0.05) is 68.1 Å². The van der Waals surface area contributed by atoms with E-state index in [-0.39, 0.29) is 6.04 Å². The van der Waals surface area contributed by atoms with Crippen LogP contribution in [0, 0.1) is 0 Å². The van der Waals surface area contributed by atoms with E-state index in [1.54, 1.807) is 0 Å². The quantitative estimate of drug-likeness (QED) is 0.149. The third-order valence-corrected chi connectivity index (χ3v) is 12.0. The fourth-order valence-corrected chi connectivity index (χ4v) is 9.83. The molecule has 0 spiro atoms. The summed E-state index contributed by atoms with van der Waals surface area (Å²) < 4.78 is 13.8. The largest absolute Gasteiger partial charge is 0.456 e. The summed E-state index contributed by atoms with van der Waals surface area (Å²) >= 11 is 0. The van der Waals surface area contributed by atoms with Crippen molar-refractivity contribution >= 4 is 65.7 Å². The molecular formula is C47H33N3O+2. The van der Waals surface area contributed by atoms with Crippen molar-refractivity contribution in [2.75, 3.05) is 0 Å². The lowest BCUT2D eigenvalue weighted by Gasteiger charge is -2.31. The van der Waals surface area contributed by atoms with Gasteiger partial charge in [-0.2, -0.15) is 9.13 Å². The van der Waals surface area contributed by atoms with Gasteiger partial charge >= 0.3 is 0 Å². The minimum absolute atomic E-state index is 0.268. The van der Waals surface area contributed by atoms with Gasteiger partial charge in [-0.15, -0.1) is 0 Å². The van der Waals surface area contributed by atoms with Gasteiger partial charge in [0.2, 0.25) is 11.4 Å². The smallest absolute Gasteiger partial charge is 0.218 e. The average molecular weight is 656 g/mol. The summed E-state index contributed by atoms with van der Waals surface area (Å²) in [5.74, 6) is 0.351. The predicted molar refractivity (Wildman–Crippen MR) is 206 cm³/mol. The minimum atomic E-state index is 0.268. The Labute approximate surface area is 294 Å². The van der Waals surface area contributed by atoms with Crippen LogP contribution < -0.4 is 9.13 Å². The molecule has 51 heavy (non-hydrogen) atoms. The standard InChI is InChI=1S/C47H33N3O/c1-28-23-42-32(30-11-2-3-12-31(30)40-16-7-9-22-49(40)42)20-19-29-24-43-37(25-36(29)41-17-6-8-21-48(28)41)34-14-10-15-35-38-27-46-39(26-44(38)50(43)47(34)35)33-13-4-5-18-45(33)51-46/h2-18,21-22,24-27,32,42H,1,19-20,23H2/q+2. The van der Waals surface area contributed by atoms with Crippen LogP contribution in [0.4, 0.5) is 0 Å². The molecule has 2 aliphatic rings. The van der Waals surface area contributed by atoms with Gasteiger partial charge < -0.3 is 8.82 Å². The maximum Gasteiger partial charge on any atom is 0.218 e. The van der Waals surface area contributed by atoms with Crippen molar-refractivity contribution in [1.29, 1.82) is 0 Å². The Morgan fingerprint density at radius 2 is 1.35 bits per heavy atom. The number of aryl methyl sites for hydroxylation is 1. The zero-order valence-corrected chi connectivity index (χ0v) is 28.0. The number of benzene rings is 5. The Morgan fingerprint density at radius 3 is 2.27 bits per heavy atom. The highest BCUT2D eigenvalue weighted by atomic mass is 16.3. The third-order valence-electron chi connectivity index (χ3n) is 12.0. The molecule has 4 nitrogen and oxygen atoms in total. The molecule has 240 valence electrons. The van der Waals surface area contributed by atoms with E-state index in [0.717, 1.165) is 46.9 Å². The lowest BCUT2D eigenvalue weighted by molar-refractivity contribution is -0.720. The Morgan fingerprint density at radius 1 is 0.608 bits per heavy atom. The highest BCUT2D eigenvalue weighted by molar-refractivity contribution is 6.25. The Hall–Kier alpha value is -6.26. The van der Waals surface area contributed by atoms with E-state index in [1.165, 1.54) is 71.7 Å². The number of aromatic nitrogens is 3. The van der Waals surface area contributed by atoms with Crippen LogP contribution in [0.1, 0.15) is 35.9 Å². The first-order chi connectivity index (χ1) is 25.2. The van der Waals surface area contributed by atoms with Crippen LogP contribution in [0.3, 0.4) is 0 Å². The summed E-state index contributed by atoms with van der Waals surface area (Å²) in [7, 11) is 0. The van der Waals surface area contributed by atoms with Crippen molar-refractivity contribution in [2.24, 2.45) is 0 Å². The van der Waals surface area contributed by atoms with Gasteiger partial charge in [0.1, 0.15) is 11.2 Å². The fourth-order valence-electron chi connectivity index (χ4n) is 9.83. The van der Waals surface area contributed by atoms with Crippen LogP contribution >= 0.6 is 0 Å². The van der Waals surface area contributed by atoms with E-state index in [9.17, 15) is 0 Å². The first-order valence-corrected chi connectivity index (χ1v) is 18.1. The van der Waals surface area contributed by atoms with Crippen LogP contribution in [-0.2, 0) is 6.42 Å². The molecule has 4 heteroatoms. The van der Waals surface area contributed by atoms with Gasteiger partial charge in [0.25, 0.3) is 0 Å². The number of hydrogen-bond acceptors (Lipinski definition) is 1. The maximum atomic E-state index is 6.37. The van der Waals surface area contributed by atoms with E-state index in [0.29, 0.717) is 5.92 Å². The highest BCUT2D eigenvalue weighted by Crippen LogP contribution is 2.46. The van der Waals surface area contributed by atoms with Crippen molar-refractivity contribution in [3.05, 3.63) is 157 Å². The van der Waals surface area contributed by atoms with E-state index < -0.39 is 0 Å². The van der Waals surface area contributed by atoms with Gasteiger partial charge in [0.05, 0.1) is 28.5 Å². The number of fused-ring (bicyclic) bond motifs is 18. The van der Waals surface area contributed by atoms with Crippen molar-refractivity contribution in [3.63, 3.8) is 0 Å². The number of hydrogen-bond donors (Lipinski definition) is 0. The van der Waals surface area contributed by atoms with Crippen LogP contribution in [0.15, 0.2) is 151 Å². The molecule has 5 aromatic carbocycles. The highest BCUT2D eigenvalue weighted by Gasteiger charge is 2.42. The number of furan rings is 1. The fraction of sp³-hybridized carbons (Fsp3) is 0.106. The molecule has 5 aromatic heterocycles. The van der Waals surface area contributed by atoms with E-state index >= 15 is 0 Å². The van der Waals surface area contributed by atoms with Crippen LogP contribution in [0.25, 0.3) is 88.2 Å². The minimum Gasteiger partial charge on any atom is -0.456 e. The zero-order valence-electron chi connectivity index (χ0n) is 28.0. The Balaban J connectivity index is 1.14. The summed E-state index contributed by atoms with van der Waals surface area (Å²) in [4.78, 5) is 0. The van der Waals surface area contributed by atoms with Crippen molar-refractivity contribution < 1.29 is 13.6 Å². The van der Waals surface area contributed by atoms with Crippen LogP contribution in [-0.4, -0.2) is 4.40 Å². The number of rotatable bonds is 0.